The van der Waals surface area contributed by atoms with E-state index in [0.717, 1.165) is 11.1 Å². The van der Waals surface area contributed by atoms with E-state index in [0.29, 0.717) is 17.2 Å². The van der Waals surface area contributed by atoms with E-state index in [1.165, 1.54) is 0 Å². The van der Waals surface area contributed by atoms with Gasteiger partial charge in [0.2, 0.25) is 0 Å². The third kappa shape index (κ3) is 2.09. The maximum Gasteiger partial charge on any atom is 0.127 e. The van der Waals surface area contributed by atoms with Crippen LogP contribution in [0.15, 0.2) is 48.5 Å². The molecule has 92 valence electrons. The number of benzene rings is 2. The van der Waals surface area contributed by atoms with Crippen LogP contribution in [0.25, 0.3) is 0 Å². The fourth-order valence-electron chi connectivity index (χ4n) is 2.29. The first-order valence-electron chi connectivity index (χ1n) is 5.93. The Morgan fingerprint density at radius 1 is 1.11 bits per heavy atom. The Morgan fingerprint density at radius 3 is 2.67 bits per heavy atom. The van der Waals surface area contributed by atoms with Gasteiger partial charge in [0, 0.05) is 17.0 Å². The number of fused-ring (bicyclic) bond motifs is 1. The number of aliphatic hydroxyl groups is 1. The molecule has 0 saturated carbocycles. The Morgan fingerprint density at radius 2 is 1.89 bits per heavy atom. The Kier molecular flexibility index (Phi) is 2.98. The zero-order valence-electron chi connectivity index (χ0n) is 9.71. The van der Waals surface area contributed by atoms with Crippen LogP contribution in [0.5, 0.6) is 5.75 Å². The summed E-state index contributed by atoms with van der Waals surface area (Å²) in [5, 5.41) is 10.8. The lowest BCUT2D eigenvalue weighted by molar-refractivity contribution is 0.0657. The molecule has 0 unspecified atom stereocenters. The van der Waals surface area contributed by atoms with Gasteiger partial charge in [0.25, 0.3) is 0 Å². The molecule has 0 spiro atoms. The molecule has 2 aromatic rings. The van der Waals surface area contributed by atoms with E-state index in [4.69, 9.17) is 16.3 Å². The lowest BCUT2D eigenvalue weighted by Crippen LogP contribution is -2.18. The minimum atomic E-state index is -0.530. The largest absolute Gasteiger partial charge is 0.485 e. The van der Waals surface area contributed by atoms with Crippen LogP contribution < -0.4 is 4.74 Å². The molecule has 18 heavy (non-hydrogen) atoms. The van der Waals surface area contributed by atoms with E-state index < -0.39 is 6.10 Å². The second-order valence-corrected chi connectivity index (χ2v) is 4.89. The van der Waals surface area contributed by atoms with E-state index in [1.54, 1.807) is 12.1 Å². The summed E-state index contributed by atoms with van der Waals surface area (Å²) >= 11 is 5.93. The fraction of sp³-hybridized carbons (Fsp3) is 0.200. The van der Waals surface area contributed by atoms with E-state index >= 15 is 0 Å². The zero-order valence-corrected chi connectivity index (χ0v) is 10.5. The molecule has 0 aromatic heterocycles. The number of halogens is 1. The summed E-state index contributed by atoms with van der Waals surface area (Å²) in [6, 6.07) is 15.3. The van der Waals surface area contributed by atoms with Crippen LogP contribution in [0.4, 0.5) is 0 Å². The Hall–Kier alpha value is -1.51. The lowest BCUT2D eigenvalue weighted by atomic mass is 9.95. The summed E-state index contributed by atoms with van der Waals surface area (Å²) in [4.78, 5) is 0. The Labute approximate surface area is 111 Å². The number of aliphatic hydroxyl groups excluding tert-OH is 1. The first kappa shape index (κ1) is 11.6. The third-order valence-electron chi connectivity index (χ3n) is 3.21. The van der Waals surface area contributed by atoms with E-state index in [-0.39, 0.29) is 6.10 Å². The van der Waals surface area contributed by atoms with E-state index in [1.807, 2.05) is 36.4 Å². The van der Waals surface area contributed by atoms with Gasteiger partial charge in [-0.3, -0.25) is 0 Å². The first-order chi connectivity index (χ1) is 8.74. The van der Waals surface area contributed by atoms with Crippen LogP contribution in [-0.2, 0) is 0 Å². The van der Waals surface area contributed by atoms with Gasteiger partial charge in [-0.2, -0.15) is 0 Å². The maximum absolute atomic E-state index is 10.2. The van der Waals surface area contributed by atoms with Crippen molar-refractivity contribution in [1.29, 1.82) is 0 Å². The molecule has 2 aromatic carbocycles. The van der Waals surface area contributed by atoms with Crippen LogP contribution in [0, 0.1) is 0 Å². The standard InChI is InChI=1S/C15H13ClO2/c16-11-6-7-14-12(8-11)13(17)9-15(18-14)10-4-2-1-3-5-10/h1-8,13,15,17H,9H2/t13-,15-/m0/s1. The molecule has 0 fully saturated rings. The first-order valence-corrected chi connectivity index (χ1v) is 6.31. The summed E-state index contributed by atoms with van der Waals surface area (Å²) in [5.41, 5.74) is 1.85. The third-order valence-corrected chi connectivity index (χ3v) is 3.44. The smallest absolute Gasteiger partial charge is 0.127 e. The monoisotopic (exact) mass is 260 g/mol. The van der Waals surface area contributed by atoms with Crippen molar-refractivity contribution < 1.29 is 9.84 Å². The molecule has 3 heteroatoms. The topological polar surface area (TPSA) is 29.5 Å². The highest BCUT2D eigenvalue weighted by Crippen LogP contribution is 2.41. The predicted molar refractivity (Wildman–Crippen MR) is 70.8 cm³/mol. The van der Waals surface area contributed by atoms with Crippen molar-refractivity contribution in [3.05, 3.63) is 64.7 Å². The van der Waals surface area contributed by atoms with Gasteiger partial charge in [0.05, 0.1) is 6.10 Å². The molecule has 0 saturated heterocycles. The van der Waals surface area contributed by atoms with Crippen LogP contribution in [-0.4, -0.2) is 5.11 Å². The number of hydrogen-bond acceptors (Lipinski definition) is 2. The van der Waals surface area contributed by atoms with Gasteiger partial charge in [-0.05, 0) is 23.8 Å². The highest BCUT2D eigenvalue weighted by molar-refractivity contribution is 6.30. The van der Waals surface area contributed by atoms with Crippen LogP contribution >= 0.6 is 11.6 Å². The molecule has 0 radical (unpaired) electrons. The second-order valence-electron chi connectivity index (χ2n) is 4.45. The van der Waals surface area contributed by atoms with Crippen molar-refractivity contribution in [2.45, 2.75) is 18.6 Å². The Bertz CT molecular complexity index is 554. The number of ether oxygens (including phenoxy) is 1. The molecule has 0 bridgehead atoms. The molecule has 2 atom stereocenters. The average Bonchev–Trinajstić information content (AvgIpc) is 2.40. The summed E-state index contributed by atoms with van der Waals surface area (Å²) in [6.07, 6.45) is -0.0790. The quantitative estimate of drug-likeness (QED) is 0.843. The van der Waals surface area contributed by atoms with Crippen molar-refractivity contribution in [2.24, 2.45) is 0 Å². The molecule has 1 aliphatic rings. The van der Waals surface area contributed by atoms with Gasteiger partial charge in [0.15, 0.2) is 0 Å². The van der Waals surface area contributed by atoms with Gasteiger partial charge < -0.3 is 9.84 Å². The average molecular weight is 261 g/mol. The minimum absolute atomic E-state index is 0.102. The van der Waals surface area contributed by atoms with Gasteiger partial charge in [0.1, 0.15) is 11.9 Å². The van der Waals surface area contributed by atoms with E-state index in [2.05, 4.69) is 0 Å². The molecule has 1 heterocycles. The SMILES string of the molecule is O[C@H]1C[C@@H](c2ccccc2)Oc2ccc(Cl)cc21. The van der Waals surface area contributed by atoms with Crippen molar-refractivity contribution in [1.82, 2.24) is 0 Å². The highest BCUT2D eigenvalue weighted by Gasteiger charge is 2.27. The van der Waals surface area contributed by atoms with Crippen molar-refractivity contribution in [2.75, 3.05) is 0 Å². The molecule has 1 N–H and O–H groups in total. The van der Waals surface area contributed by atoms with Crippen molar-refractivity contribution >= 4 is 11.6 Å². The predicted octanol–water partition coefficient (Wildman–Crippen LogP) is 3.90. The highest BCUT2D eigenvalue weighted by atomic mass is 35.5. The summed E-state index contributed by atoms with van der Waals surface area (Å²) < 4.78 is 5.92. The van der Waals surface area contributed by atoms with Gasteiger partial charge in [-0.15, -0.1) is 0 Å². The molecule has 0 amide bonds. The van der Waals surface area contributed by atoms with Crippen LogP contribution in [0.2, 0.25) is 5.02 Å². The van der Waals surface area contributed by atoms with Gasteiger partial charge >= 0.3 is 0 Å². The lowest BCUT2D eigenvalue weighted by Gasteiger charge is -2.30. The summed E-state index contributed by atoms with van der Waals surface area (Å²) in [6.45, 7) is 0. The maximum atomic E-state index is 10.2. The van der Waals surface area contributed by atoms with Crippen molar-refractivity contribution in [3.63, 3.8) is 0 Å². The molecule has 0 aliphatic carbocycles. The van der Waals surface area contributed by atoms with Gasteiger partial charge in [-0.25, -0.2) is 0 Å². The van der Waals surface area contributed by atoms with Crippen molar-refractivity contribution in [3.8, 4) is 5.75 Å². The fourth-order valence-corrected chi connectivity index (χ4v) is 2.47. The molecule has 1 aliphatic heterocycles. The van der Waals surface area contributed by atoms with Crippen LogP contribution in [0.1, 0.15) is 29.8 Å². The zero-order chi connectivity index (χ0) is 12.5. The normalized spacial score (nSPS) is 22.1. The molecule has 2 nitrogen and oxygen atoms in total. The molecular weight excluding hydrogens is 248 g/mol. The van der Waals surface area contributed by atoms with Gasteiger partial charge in [-0.1, -0.05) is 41.9 Å². The number of hydrogen-bond donors (Lipinski definition) is 1. The summed E-state index contributed by atoms with van der Waals surface area (Å²) in [5.74, 6) is 0.715. The Balaban J connectivity index is 1.95. The minimum Gasteiger partial charge on any atom is -0.485 e. The summed E-state index contributed by atoms with van der Waals surface area (Å²) in [7, 11) is 0. The molecular formula is C15H13ClO2. The second kappa shape index (κ2) is 4.63. The van der Waals surface area contributed by atoms with Crippen LogP contribution in [0.3, 0.4) is 0 Å². The van der Waals surface area contributed by atoms with E-state index in [9.17, 15) is 5.11 Å². The number of rotatable bonds is 1. The molecule has 3 rings (SSSR count).